The van der Waals surface area contributed by atoms with Crippen LogP contribution in [0.3, 0.4) is 0 Å². The molecule has 3 heteroatoms. The molecule has 1 aromatic heterocycles. The second-order valence-corrected chi connectivity index (χ2v) is 4.84. The molecule has 0 unspecified atom stereocenters. The Hall–Kier alpha value is -0.990. The van der Waals surface area contributed by atoms with E-state index in [0.717, 1.165) is 24.1 Å². The summed E-state index contributed by atoms with van der Waals surface area (Å²) < 4.78 is 2.26. The smallest absolute Gasteiger partial charge is 0.203 e. The van der Waals surface area contributed by atoms with Crippen molar-refractivity contribution in [3.05, 3.63) is 11.9 Å². The zero-order chi connectivity index (χ0) is 12.1. The Morgan fingerprint density at radius 3 is 2.44 bits per heavy atom. The van der Waals surface area contributed by atoms with E-state index in [0.29, 0.717) is 6.04 Å². The molecule has 1 heterocycles. The first-order valence-corrected chi connectivity index (χ1v) is 6.37. The van der Waals surface area contributed by atoms with E-state index in [4.69, 9.17) is 0 Å². The maximum atomic E-state index is 4.52. The van der Waals surface area contributed by atoms with Crippen molar-refractivity contribution in [2.75, 3.05) is 5.32 Å². The lowest BCUT2D eigenvalue weighted by atomic mass is 10.0. The Balaban J connectivity index is 2.77. The SMILES string of the molecule is CCC(CC)Cn1cc(C)nc1NC(C)C. The van der Waals surface area contributed by atoms with Crippen LogP contribution in [0.5, 0.6) is 0 Å². The van der Waals surface area contributed by atoms with Crippen molar-refractivity contribution in [2.24, 2.45) is 5.92 Å². The number of hydrogen-bond acceptors (Lipinski definition) is 2. The van der Waals surface area contributed by atoms with Crippen LogP contribution in [0.4, 0.5) is 5.95 Å². The lowest BCUT2D eigenvalue weighted by Gasteiger charge is -2.16. The van der Waals surface area contributed by atoms with Crippen LogP contribution in [0.1, 0.15) is 46.2 Å². The quantitative estimate of drug-likeness (QED) is 0.800. The van der Waals surface area contributed by atoms with Gasteiger partial charge in [-0.2, -0.15) is 0 Å². The third-order valence-corrected chi connectivity index (χ3v) is 2.92. The van der Waals surface area contributed by atoms with Crippen LogP contribution in [0.2, 0.25) is 0 Å². The molecule has 1 rings (SSSR count). The van der Waals surface area contributed by atoms with Crippen LogP contribution in [-0.2, 0) is 6.54 Å². The molecule has 0 radical (unpaired) electrons. The molecule has 0 aromatic carbocycles. The van der Waals surface area contributed by atoms with Gasteiger partial charge in [0.25, 0.3) is 0 Å². The number of anilines is 1. The molecule has 0 saturated carbocycles. The van der Waals surface area contributed by atoms with E-state index in [2.05, 4.69) is 55.7 Å². The third-order valence-electron chi connectivity index (χ3n) is 2.92. The molecule has 0 aliphatic heterocycles. The van der Waals surface area contributed by atoms with E-state index in [1.807, 2.05) is 0 Å². The van der Waals surface area contributed by atoms with Crippen molar-refractivity contribution in [2.45, 2.75) is 60.0 Å². The monoisotopic (exact) mass is 223 g/mol. The third kappa shape index (κ3) is 3.54. The van der Waals surface area contributed by atoms with Crippen molar-refractivity contribution < 1.29 is 0 Å². The zero-order valence-electron chi connectivity index (χ0n) is 11.2. The molecule has 0 spiro atoms. The minimum Gasteiger partial charge on any atom is -0.353 e. The van der Waals surface area contributed by atoms with E-state index >= 15 is 0 Å². The average Bonchev–Trinajstić information content (AvgIpc) is 2.54. The standard InChI is InChI=1S/C13H25N3/c1-6-12(7-2)9-16-8-11(5)15-13(16)14-10(3)4/h8,10,12H,6-7,9H2,1-5H3,(H,14,15). The highest BCUT2D eigenvalue weighted by Crippen LogP contribution is 2.16. The summed E-state index contributed by atoms with van der Waals surface area (Å²) in [6, 6.07) is 0.433. The summed E-state index contributed by atoms with van der Waals surface area (Å²) in [5.74, 6) is 1.76. The number of nitrogens with zero attached hydrogens (tertiary/aromatic N) is 2. The molecule has 0 atom stereocenters. The molecular weight excluding hydrogens is 198 g/mol. The maximum Gasteiger partial charge on any atom is 0.203 e. The Morgan fingerprint density at radius 2 is 1.94 bits per heavy atom. The Labute approximate surface area is 99.3 Å². The predicted molar refractivity (Wildman–Crippen MR) is 69.8 cm³/mol. The predicted octanol–water partition coefficient (Wildman–Crippen LogP) is 3.45. The van der Waals surface area contributed by atoms with Crippen molar-refractivity contribution in [3.63, 3.8) is 0 Å². The van der Waals surface area contributed by atoms with E-state index in [9.17, 15) is 0 Å². The molecule has 0 saturated heterocycles. The molecule has 0 amide bonds. The molecule has 1 N–H and O–H groups in total. The van der Waals surface area contributed by atoms with Gasteiger partial charge in [-0.3, -0.25) is 0 Å². The number of rotatable bonds is 6. The summed E-state index contributed by atoms with van der Waals surface area (Å²) in [6.07, 6.45) is 4.60. The summed E-state index contributed by atoms with van der Waals surface area (Å²) in [7, 11) is 0. The fourth-order valence-electron chi connectivity index (χ4n) is 1.88. The number of nitrogens with one attached hydrogen (secondary N) is 1. The van der Waals surface area contributed by atoms with Crippen LogP contribution in [0.15, 0.2) is 6.20 Å². The molecule has 0 bridgehead atoms. The molecule has 0 aliphatic rings. The number of aryl methyl sites for hydroxylation is 1. The normalized spacial score (nSPS) is 11.4. The fraction of sp³-hybridized carbons (Fsp3) is 0.769. The summed E-state index contributed by atoms with van der Waals surface area (Å²) in [6.45, 7) is 11.9. The van der Waals surface area contributed by atoms with Gasteiger partial charge in [-0.05, 0) is 26.7 Å². The minimum absolute atomic E-state index is 0.433. The van der Waals surface area contributed by atoms with Crippen molar-refractivity contribution >= 4 is 5.95 Å². The van der Waals surface area contributed by atoms with Crippen molar-refractivity contribution in [1.29, 1.82) is 0 Å². The highest BCUT2D eigenvalue weighted by molar-refractivity contribution is 5.29. The molecule has 3 nitrogen and oxygen atoms in total. The fourth-order valence-corrected chi connectivity index (χ4v) is 1.88. The van der Waals surface area contributed by atoms with Gasteiger partial charge in [0.05, 0.1) is 5.69 Å². The molecule has 92 valence electrons. The largest absolute Gasteiger partial charge is 0.353 e. The molecule has 1 aromatic rings. The van der Waals surface area contributed by atoms with E-state index < -0.39 is 0 Å². The Kier molecular flexibility index (Phi) is 4.84. The van der Waals surface area contributed by atoms with Crippen molar-refractivity contribution in [1.82, 2.24) is 9.55 Å². The lowest BCUT2D eigenvalue weighted by Crippen LogP contribution is -2.17. The van der Waals surface area contributed by atoms with E-state index in [1.165, 1.54) is 12.8 Å². The highest BCUT2D eigenvalue weighted by Gasteiger charge is 2.10. The first kappa shape index (κ1) is 13.1. The summed E-state index contributed by atoms with van der Waals surface area (Å²) in [5.41, 5.74) is 1.09. The van der Waals surface area contributed by atoms with Gasteiger partial charge in [-0.25, -0.2) is 4.98 Å². The summed E-state index contributed by atoms with van der Waals surface area (Å²) in [5, 5.41) is 3.40. The average molecular weight is 223 g/mol. The zero-order valence-corrected chi connectivity index (χ0v) is 11.2. The van der Waals surface area contributed by atoms with Crippen molar-refractivity contribution in [3.8, 4) is 0 Å². The van der Waals surface area contributed by atoms with Crippen LogP contribution in [0.25, 0.3) is 0 Å². The van der Waals surface area contributed by atoms with Crippen LogP contribution in [-0.4, -0.2) is 15.6 Å². The Bertz CT molecular complexity index is 311. The van der Waals surface area contributed by atoms with Gasteiger partial charge in [-0.1, -0.05) is 26.7 Å². The van der Waals surface area contributed by atoms with Crippen LogP contribution < -0.4 is 5.32 Å². The second-order valence-electron chi connectivity index (χ2n) is 4.84. The van der Waals surface area contributed by atoms with Gasteiger partial charge in [-0.15, -0.1) is 0 Å². The maximum absolute atomic E-state index is 4.52. The van der Waals surface area contributed by atoms with Gasteiger partial charge in [0, 0.05) is 18.8 Å². The number of hydrogen-bond donors (Lipinski definition) is 1. The summed E-state index contributed by atoms with van der Waals surface area (Å²) >= 11 is 0. The Morgan fingerprint density at radius 1 is 1.31 bits per heavy atom. The van der Waals surface area contributed by atoms with Gasteiger partial charge < -0.3 is 9.88 Å². The van der Waals surface area contributed by atoms with Gasteiger partial charge >= 0.3 is 0 Å². The summed E-state index contributed by atoms with van der Waals surface area (Å²) in [4.78, 5) is 4.52. The topological polar surface area (TPSA) is 29.9 Å². The van der Waals surface area contributed by atoms with Gasteiger partial charge in [0.1, 0.15) is 0 Å². The number of imidazole rings is 1. The van der Waals surface area contributed by atoms with Gasteiger partial charge in [0.2, 0.25) is 5.95 Å². The first-order chi connectivity index (χ1) is 7.56. The molecule has 0 fully saturated rings. The van der Waals surface area contributed by atoms with Crippen LogP contribution in [0, 0.1) is 12.8 Å². The van der Waals surface area contributed by atoms with E-state index in [1.54, 1.807) is 0 Å². The lowest BCUT2D eigenvalue weighted by molar-refractivity contribution is 0.420. The molecular formula is C13H25N3. The molecule has 16 heavy (non-hydrogen) atoms. The minimum atomic E-state index is 0.433. The highest BCUT2D eigenvalue weighted by atomic mass is 15.2. The van der Waals surface area contributed by atoms with Crippen LogP contribution >= 0.6 is 0 Å². The van der Waals surface area contributed by atoms with Gasteiger partial charge in [0.15, 0.2) is 0 Å². The van der Waals surface area contributed by atoms with E-state index in [-0.39, 0.29) is 0 Å². The second kappa shape index (κ2) is 5.92. The first-order valence-electron chi connectivity index (χ1n) is 6.37. The molecule has 0 aliphatic carbocycles. The number of aromatic nitrogens is 2.